The number of hydrogen-bond donors (Lipinski definition) is 2. The summed E-state index contributed by atoms with van der Waals surface area (Å²) in [6.45, 7) is 1.27. The van der Waals surface area contributed by atoms with Gasteiger partial charge in [0.2, 0.25) is 0 Å². The number of halogens is 3. The SMILES string of the molecule is CCCCNCC(O)(C(=O)OC)C(F)(F)F. The maximum absolute atomic E-state index is 12.5. The van der Waals surface area contributed by atoms with Crippen molar-refractivity contribution in [1.82, 2.24) is 5.32 Å². The molecule has 0 aromatic rings. The number of unbranched alkanes of at least 4 members (excludes halogenated alkanes) is 1. The first-order valence-corrected chi connectivity index (χ1v) is 4.87. The van der Waals surface area contributed by atoms with Gasteiger partial charge in [0.1, 0.15) is 0 Å². The van der Waals surface area contributed by atoms with E-state index in [4.69, 9.17) is 0 Å². The molecule has 0 aliphatic rings. The predicted molar refractivity (Wildman–Crippen MR) is 50.8 cm³/mol. The van der Waals surface area contributed by atoms with E-state index in [0.717, 1.165) is 13.5 Å². The van der Waals surface area contributed by atoms with Gasteiger partial charge in [0, 0.05) is 6.54 Å². The average Bonchev–Trinajstić information content (AvgIpc) is 2.21. The molecule has 0 bridgehead atoms. The third-order valence-corrected chi connectivity index (χ3v) is 2.08. The lowest BCUT2D eigenvalue weighted by Gasteiger charge is -2.27. The molecular formula is C9H16F3NO3. The van der Waals surface area contributed by atoms with Gasteiger partial charge in [0.15, 0.2) is 0 Å². The Morgan fingerprint density at radius 1 is 1.44 bits per heavy atom. The Bertz CT molecular complexity index is 233. The molecule has 0 saturated heterocycles. The minimum absolute atomic E-state index is 0.298. The van der Waals surface area contributed by atoms with Crippen molar-refractivity contribution in [2.45, 2.75) is 31.5 Å². The summed E-state index contributed by atoms with van der Waals surface area (Å²) in [6.07, 6.45) is -3.59. The lowest BCUT2D eigenvalue weighted by Crippen LogP contribution is -2.58. The number of ether oxygens (including phenoxy) is 1. The molecule has 16 heavy (non-hydrogen) atoms. The molecule has 96 valence electrons. The Labute approximate surface area is 91.8 Å². The zero-order valence-corrected chi connectivity index (χ0v) is 9.23. The highest BCUT2D eigenvalue weighted by Gasteiger charge is 2.60. The molecule has 0 spiro atoms. The highest BCUT2D eigenvalue weighted by atomic mass is 19.4. The second-order valence-corrected chi connectivity index (χ2v) is 3.38. The fourth-order valence-corrected chi connectivity index (χ4v) is 1.03. The van der Waals surface area contributed by atoms with Crippen LogP contribution >= 0.6 is 0 Å². The van der Waals surface area contributed by atoms with Gasteiger partial charge in [-0.05, 0) is 13.0 Å². The first kappa shape index (κ1) is 15.2. The highest BCUT2D eigenvalue weighted by Crippen LogP contribution is 2.30. The molecule has 0 aliphatic heterocycles. The fraction of sp³-hybridized carbons (Fsp3) is 0.889. The summed E-state index contributed by atoms with van der Waals surface area (Å²) in [4.78, 5) is 10.9. The molecule has 0 radical (unpaired) electrons. The minimum Gasteiger partial charge on any atom is -0.467 e. The van der Waals surface area contributed by atoms with E-state index in [1.165, 1.54) is 0 Å². The quantitative estimate of drug-likeness (QED) is 0.536. The number of aliphatic hydroxyl groups is 1. The number of nitrogens with one attached hydrogen (secondary N) is 1. The molecular weight excluding hydrogens is 227 g/mol. The first-order chi connectivity index (χ1) is 7.29. The van der Waals surface area contributed by atoms with Crippen molar-refractivity contribution in [1.29, 1.82) is 0 Å². The van der Waals surface area contributed by atoms with Crippen molar-refractivity contribution in [2.75, 3.05) is 20.2 Å². The highest BCUT2D eigenvalue weighted by molar-refractivity contribution is 5.80. The van der Waals surface area contributed by atoms with Gasteiger partial charge in [-0.1, -0.05) is 13.3 Å². The Hall–Kier alpha value is -0.820. The smallest absolute Gasteiger partial charge is 0.429 e. The van der Waals surface area contributed by atoms with Crippen LogP contribution in [-0.4, -0.2) is 43.1 Å². The topological polar surface area (TPSA) is 58.6 Å². The number of esters is 1. The van der Waals surface area contributed by atoms with E-state index < -0.39 is 24.3 Å². The summed E-state index contributed by atoms with van der Waals surface area (Å²) in [7, 11) is 0.797. The molecule has 0 amide bonds. The van der Waals surface area contributed by atoms with Crippen LogP contribution in [0.1, 0.15) is 19.8 Å². The average molecular weight is 243 g/mol. The van der Waals surface area contributed by atoms with Crippen LogP contribution in [0, 0.1) is 0 Å². The van der Waals surface area contributed by atoms with Crippen LogP contribution in [0.3, 0.4) is 0 Å². The lowest BCUT2D eigenvalue weighted by atomic mass is 10.0. The van der Waals surface area contributed by atoms with Crippen molar-refractivity contribution in [2.24, 2.45) is 0 Å². The lowest BCUT2D eigenvalue weighted by molar-refractivity contribution is -0.259. The van der Waals surface area contributed by atoms with Crippen LogP contribution in [0.4, 0.5) is 13.2 Å². The summed E-state index contributed by atoms with van der Waals surface area (Å²) in [5.41, 5.74) is -3.48. The third kappa shape index (κ3) is 3.64. The van der Waals surface area contributed by atoms with E-state index in [0.29, 0.717) is 13.0 Å². The third-order valence-electron chi connectivity index (χ3n) is 2.08. The molecule has 7 heteroatoms. The summed E-state index contributed by atoms with van der Waals surface area (Å²) < 4.78 is 41.3. The van der Waals surface area contributed by atoms with Crippen LogP contribution < -0.4 is 5.32 Å². The number of carbonyl (C=O) groups excluding carboxylic acids is 1. The van der Waals surface area contributed by atoms with Crippen molar-refractivity contribution < 1.29 is 27.8 Å². The normalized spacial score (nSPS) is 15.6. The molecule has 0 aromatic heterocycles. The Morgan fingerprint density at radius 2 is 2.00 bits per heavy atom. The van der Waals surface area contributed by atoms with Crippen LogP contribution in [0.15, 0.2) is 0 Å². The summed E-state index contributed by atoms with van der Waals surface area (Å²) in [6, 6.07) is 0. The monoisotopic (exact) mass is 243 g/mol. The van der Waals surface area contributed by atoms with Crippen LogP contribution in [-0.2, 0) is 9.53 Å². The van der Waals surface area contributed by atoms with Gasteiger partial charge in [-0.2, -0.15) is 13.2 Å². The van der Waals surface area contributed by atoms with Gasteiger partial charge >= 0.3 is 12.1 Å². The minimum atomic E-state index is -5.06. The van der Waals surface area contributed by atoms with Gasteiger partial charge in [0.25, 0.3) is 5.60 Å². The standard InChI is InChI=1S/C9H16F3NO3/c1-3-4-5-13-6-8(15,7(14)16-2)9(10,11)12/h13,15H,3-6H2,1-2H3. The first-order valence-electron chi connectivity index (χ1n) is 4.87. The Kier molecular flexibility index (Phi) is 5.74. The molecule has 0 heterocycles. The molecule has 2 N–H and O–H groups in total. The van der Waals surface area contributed by atoms with Crippen LogP contribution in [0.5, 0.6) is 0 Å². The van der Waals surface area contributed by atoms with Gasteiger partial charge in [0.05, 0.1) is 7.11 Å². The van der Waals surface area contributed by atoms with E-state index in [1.54, 1.807) is 0 Å². The van der Waals surface area contributed by atoms with Gasteiger partial charge < -0.3 is 15.2 Å². The summed E-state index contributed by atoms with van der Waals surface area (Å²) in [5.74, 6) is -1.70. The second kappa shape index (κ2) is 6.05. The number of rotatable bonds is 6. The Balaban J connectivity index is 4.51. The van der Waals surface area contributed by atoms with Gasteiger partial charge in [-0.3, -0.25) is 0 Å². The van der Waals surface area contributed by atoms with Gasteiger partial charge in [-0.15, -0.1) is 0 Å². The molecule has 0 rings (SSSR count). The number of carbonyl (C=O) groups is 1. The zero-order chi connectivity index (χ0) is 12.8. The molecule has 0 saturated carbocycles. The largest absolute Gasteiger partial charge is 0.467 e. The van der Waals surface area contributed by atoms with Crippen molar-refractivity contribution >= 4 is 5.97 Å². The van der Waals surface area contributed by atoms with Gasteiger partial charge in [-0.25, -0.2) is 4.79 Å². The summed E-state index contributed by atoms with van der Waals surface area (Å²) in [5, 5.41) is 11.6. The predicted octanol–water partition coefficient (Wildman–Crippen LogP) is 0.842. The van der Waals surface area contributed by atoms with Crippen molar-refractivity contribution in [3.05, 3.63) is 0 Å². The molecule has 0 aromatic carbocycles. The molecule has 4 nitrogen and oxygen atoms in total. The molecule has 0 fully saturated rings. The molecule has 1 atom stereocenters. The van der Waals surface area contributed by atoms with E-state index >= 15 is 0 Å². The molecule has 1 unspecified atom stereocenters. The maximum Gasteiger partial charge on any atom is 0.429 e. The van der Waals surface area contributed by atoms with Crippen molar-refractivity contribution in [3.63, 3.8) is 0 Å². The zero-order valence-electron chi connectivity index (χ0n) is 9.23. The van der Waals surface area contributed by atoms with Crippen LogP contribution in [0.2, 0.25) is 0 Å². The number of alkyl halides is 3. The van der Waals surface area contributed by atoms with Crippen molar-refractivity contribution in [3.8, 4) is 0 Å². The maximum atomic E-state index is 12.5. The number of hydrogen-bond acceptors (Lipinski definition) is 4. The van der Waals surface area contributed by atoms with Crippen LogP contribution in [0.25, 0.3) is 0 Å². The second-order valence-electron chi connectivity index (χ2n) is 3.38. The Morgan fingerprint density at radius 3 is 2.38 bits per heavy atom. The molecule has 0 aliphatic carbocycles. The van der Waals surface area contributed by atoms with E-state index in [1.807, 2.05) is 6.92 Å². The summed E-state index contributed by atoms with van der Waals surface area (Å²) >= 11 is 0. The fourth-order valence-electron chi connectivity index (χ4n) is 1.03. The number of methoxy groups -OCH3 is 1. The van der Waals surface area contributed by atoms with E-state index in [9.17, 15) is 23.1 Å². The van der Waals surface area contributed by atoms with E-state index in [2.05, 4.69) is 10.1 Å². The van der Waals surface area contributed by atoms with E-state index in [-0.39, 0.29) is 0 Å².